The van der Waals surface area contributed by atoms with Gasteiger partial charge in [0.25, 0.3) is 11.6 Å². The number of esters is 1. The van der Waals surface area contributed by atoms with Gasteiger partial charge in [-0.1, -0.05) is 30.3 Å². The second-order valence-electron chi connectivity index (χ2n) is 6.27. The highest BCUT2D eigenvalue weighted by atomic mass is 16.6. The van der Waals surface area contributed by atoms with Crippen molar-refractivity contribution in [1.82, 2.24) is 0 Å². The summed E-state index contributed by atoms with van der Waals surface area (Å²) in [5, 5.41) is 13.7. The minimum absolute atomic E-state index is 0.0333. The van der Waals surface area contributed by atoms with Gasteiger partial charge in [-0.2, -0.15) is 0 Å². The molecule has 0 spiro atoms. The lowest BCUT2D eigenvalue weighted by Gasteiger charge is -2.09. The van der Waals surface area contributed by atoms with Crippen LogP contribution in [-0.2, 0) is 11.3 Å². The average Bonchev–Trinajstić information content (AvgIpc) is 2.78. The number of amides is 1. The lowest BCUT2D eigenvalue weighted by molar-refractivity contribution is -0.384. The van der Waals surface area contributed by atoms with Gasteiger partial charge in [-0.15, -0.1) is 0 Å². The summed E-state index contributed by atoms with van der Waals surface area (Å²) < 4.78 is 10.3. The number of hydrogen-bond acceptors (Lipinski definition) is 6. The van der Waals surface area contributed by atoms with Gasteiger partial charge in [0.1, 0.15) is 12.4 Å². The van der Waals surface area contributed by atoms with Crippen molar-refractivity contribution in [3.05, 3.63) is 99.6 Å². The molecule has 0 saturated heterocycles. The molecule has 3 aromatic rings. The molecule has 0 aromatic heterocycles. The summed E-state index contributed by atoms with van der Waals surface area (Å²) in [6.45, 7) is 0.413. The Morgan fingerprint density at radius 3 is 2.27 bits per heavy atom. The number of nitro benzene ring substituents is 1. The predicted molar refractivity (Wildman–Crippen MR) is 110 cm³/mol. The third kappa shape index (κ3) is 5.20. The Bertz CT molecular complexity index is 1060. The van der Waals surface area contributed by atoms with Gasteiger partial charge in [-0.25, -0.2) is 4.79 Å². The fraction of sp³-hybridized carbons (Fsp3) is 0.0909. The van der Waals surface area contributed by atoms with Crippen LogP contribution in [0.4, 0.5) is 11.4 Å². The standard InChI is InChI=1S/C22H18N2O6/c1-29-22(26)17-11-16(12-19(13-17)24(27)28)21(25)23-18-7-9-20(10-8-18)30-14-15-5-3-2-4-6-15/h2-13H,14H2,1H3,(H,23,25). The number of anilines is 1. The van der Waals surface area contributed by atoms with Gasteiger partial charge < -0.3 is 14.8 Å². The number of rotatable bonds is 7. The molecule has 1 N–H and O–H groups in total. The number of nitro groups is 1. The third-order valence-corrected chi connectivity index (χ3v) is 4.17. The summed E-state index contributed by atoms with van der Waals surface area (Å²) in [5.74, 6) is -0.741. The van der Waals surface area contributed by atoms with E-state index in [1.807, 2.05) is 30.3 Å². The fourth-order valence-electron chi connectivity index (χ4n) is 2.66. The Labute approximate surface area is 172 Å². The zero-order valence-corrected chi connectivity index (χ0v) is 16.0. The highest BCUT2D eigenvalue weighted by molar-refractivity contribution is 6.06. The third-order valence-electron chi connectivity index (χ3n) is 4.17. The van der Waals surface area contributed by atoms with Crippen LogP contribution in [0.2, 0.25) is 0 Å². The molecule has 0 fully saturated rings. The number of ether oxygens (including phenoxy) is 2. The number of hydrogen-bond donors (Lipinski definition) is 1. The summed E-state index contributed by atoms with van der Waals surface area (Å²) in [6, 6.07) is 19.8. The van der Waals surface area contributed by atoms with Crippen molar-refractivity contribution in [3.63, 3.8) is 0 Å². The number of carbonyl (C=O) groups excluding carboxylic acids is 2. The van der Waals surface area contributed by atoms with Gasteiger partial charge in [0, 0.05) is 23.4 Å². The zero-order chi connectivity index (χ0) is 21.5. The van der Waals surface area contributed by atoms with E-state index in [0.717, 1.165) is 24.8 Å². The number of nitrogens with zero attached hydrogens (tertiary/aromatic N) is 1. The SMILES string of the molecule is COC(=O)c1cc(C(=O)Nc2ccc(OCc3ccccc3)cc2)cc([N+](=O)[O-])c1. The summed E-state index contributed by atoms with van der Waals surface area (Å²) in [4.78, 5) is 34.7. The Morgan fingerprint density at radius 2 is 1.63 bits per heavy atom. The van der Waals surface area contributed by atoms with Crippen LogP contribution in [0.15, 0.2) is 72.8 Å². The normalized spacial score (nSPS) is 10.2. The lowest BCUT2D eigenvalue weighted by atomic mass is 10.1. The monoisotopic (exact) mass is 406 g/mol. The first-order valence-electron chi connectivity index (χ1n) is 8.92. The Balaban J connectivity index is 1.70. The first kappa shape index (κ1) is 20.5. The van der Waals surface area contributed by atoms with Crippen molar-refractivity contribution < 1.29 is 24.0 Å². The topological polar surface area (TPSA) is 108 Å². The molecule has 0 atom stereocenters. The Morgan fingerprint density at radius 1 is 0.967 bits per heavy atom. The molecule has 0 radical (unpaired) electrons. The number of benzene rings is 3. The van der Waals surface area contributed by atoms with E-state index in [0.29, 0.717) is 18.0 Å². The highest BCUT2D eigenvalue weighted by Crippen LogP contribution is 2.21. The molecule has 8 nitrogen and oxygen atoms in total. The van der Waals surface area contributed by atoms with E-state index in [2.05, 4.69) is 10.1 Å². The summed E-state index contributed by atoms with van der Waals surface area (Å²) in [5.41, 5.74) is 1.00. The summed E-state index contributed by atoms with van der Waals surface area (Å²) in [7, 11) is 1.16. The fourth-order valence-corrected chi connectivity index (χ4v) is 2.66. The predicted octanol–water partition coefficient (Wildman–Crippen LogP) is 4.21. The van der Waals surface area contributed by atoms with E-state index >= 15 is 0 Å². The number of non-ortho nitro benzene ring substituents is 1. The molecule has 0 heterocycles. The lowest BCUT2D eigenvalue weighted by Crippen LogP contribution is -2.14. The largest absolute Gasteiger partial charge is 0.489 e. The average molecular weight is 406 g/mol. The molecule has 0 aliphatic carbocycles. The van der Waals surface area contributed by atoms with Gasteiger partial charge in [0.15, 0.2) is 0 Å². The highest BCUT2D eigenvalue weighted by Gasteiger charge is 2.18. The maximum Gasteiger partial charge on any atom is 0.338 e. The summed E-state index contributed by atoms with van der Waals surface area (Å²) in [6.07, 6.45) is 0. The van der Waals surface area contributed by atoms with Crippen LogP contribution in [0, 0.1) is 10.1 Å². The molecular weight excluding hydrogens is 388 g/mol. The van der Waals surface area contributed by atoms with Crippen LogP contribution in [0.1, 0.15) is 26.3 Å². The van der Waals surface area contributed by atoms with Crippen LogP contribution >= 0.6 is 0 Å². The van der Waals surface area contributed by atoms with Crippen LogP contribution in [0.25, 0.3) is 0 Å². The van der Waals surface area contributed by atoms with Crippen molar-refractivity contribution in [3.8, 4) is 5.75 Å². The second-order valence-corrected chi connectivity index (χ2v) is 6.27. The van der Waals surface area contributed by atoms with E-state index < -0.39 is 16.8 Å². The van der Waals surface area contributed by atoms with Gasteiger partial charge in [-0.3, -0.25) is 14.9 Å². The quantitative estimate of drug-likeness (QED) is 0.358. The van der Waals surface area contributed by atoms with Gasteiger partial charge in [-0.05, 0) is 35.9 Å². The molecule has 30 heavy (non-hydrogen) atoms. The molecule has 0 saturated carbocycles. The maximum absolute atomic E-state index is 12.5. The molecule has 3 aromatic carbocycles. The van der Waals surface area contributed by atoms with Gasteiger partial charge >= 0.3 is 5.97 Å². The van der Waals surface area contributed by atoms with E-state index in [9.17, 15) is 19.7 Å². The van der Waals surface area contributed by atoms with Crippen molar-refractivity contribution in [2.24, 2.45) is 0 Å². The Hall–Kier alpha value is -4.20. The van der Waals surface area contributed by atoms with Gasteiger partial charge in [0.05, 0.1) is 17.6 Å². The number of carbonyl (C=O) groups is 2. The van der Waals surface area contributed by atoms with Gasteiger partial charge in [0.2, 0.25) is 0 Å². The summed E-state index contributed by atoms with van der Waals surface area (Å²) >= 11 is 0. The molecule has 0 aliphatic rings. The molecular formula is C22H18N2O6. The van der Waals surface area contributed by atoms with Crippen molar-refractivity contribution in [2.75, 3.05) is 12.4 Å². The molecule has 8 heteroatoms. The molecule has 0 unspecified atom stereocenters. The second kappa shape index (κ2) is 9.33. The van der Waals surface area contributed by atoms with E-state index in [-0.39, 0.29) is 16.8 Å². The van der Waals surface area contributed by atoms with Crippen LogP contribution in [0.3, 0.4) is 0 Å². The maximum atomic E-state index is 12.5. The number of methoxy groups -OCH3 is 1. The van der Waals surface area contributed by atoms with E-state index in [1.165, 1.54) is 6.07 Å². The molecule has 1 amide bonds. The van der Waals surface area contributed by atoms with Crippen LogP contribution < -0.4 is 10.1 Å². The Kier molecular flexibility index (Phi) is 6.39. The molecule has 0 aliphatic heterocycles. The van der Waals surface area contributed by atoms with Crippen molar-refractivity contribution in [1.29, 1.82) is 0 Å². The molecule has 3 rings (SSSR count). The first-order valence-corrected chi connectivity index (χ1v) is 8.92. The van der Waals surface area contributed by atoms with E-state index in [1.54, 1.807) is 24.3 Å². The minimum Gasteiger partial charge on any atom is -0.489 e. The van der Waals surface area contributed by atoms with Crippen molar-refractivity contribution in [2.45, 2.75) is 6.61 Å². The minimum atomic E-state index is -0.771. The number of nitrogens with one attached hydrogen (secondary N) is 1. The first-order chi connectivity index (χ1) is 14.5. The van der Waals surface area contributed by atoms with Crippen LogP contribution in [0.5, 0.6) is 5.75 Å². The smallest absolute Gasteiger partial charge is 0.338 e. The van der Waals surface area contributed by atoms with Crippen molar-refractivity contribution >= 4 is 23.3 Å². The molecule has 0 bridgehead atoms. The molecule has 152 valence electrons. The van der Waals surface area contributed by atoms with E-state index in [4.69, 9.17) is 4.74 Å². The van der Waals surface area contributed by atoms with Crippen LogP contribution in [-0.4, -0.2) is 23.9 Å². The zero-order valence-electron chi connectivity index (χ0n) is 16.0.